The molecule has 10 heteroatoms. The average Bonchev–Trinajstić information content (AvgIpc) is 3.14. The molecule has 0 heterocycles. The first-order chi connectivity index (χ1) is 25.8. The van der Waals surface area contributed by atoms with Crippen molar-refractivity contribution < 1.29 is 37.6 Å². The van der Waals surface area contributed by atoms with Crippen molar-refractivity contribution in [2.45, 2.75) is 225 Å². The number of phosphoric acid groups is 1. The van der Waals surface area contributed by atoms with Crippen LogP contribution in [-0.2, 0) is 32.7 Å². The Labute approximate surface area is 326 Å². The standard InChI is InChI=1S/C43H84NO8P/c1-3-5-7-9-11-13-15-16-17-18-19-20-21-22-23-24-26-27-29-31-33-35-42(45)49-39-41(40-51-53(47,48)50-38-37-44)52-43(46)36-34-32-30-28-25-14-12-10-8-6-4-2/h16-17,41H,3-15,18-40,44H2,1-2H3,(H,47,48)/b17-16-/t41-/m1/s1. The van der Waals surface area contributed by atoms with Crippen LogP contribution in [0.3, 0.4) is 0 Å². The number of hydrogen-bond acceptors (Lipinski definition) is 8. The van der Waals surface area contributed by atoms with Crippen LogP contribution in [-0.4, -0.2) is 49.3 Å². The molecule has 2 atom stereocenters. The largest absolute Gasteiger partial charge is 0.472 e. The van der Waals surface area contributed by atoms with Gasteiger partial charge >= 0.3 is 19.8 Å². The quantitative estimate of drug-likeness (QED) is 0.0269. The molecule has 1 unspecified atom stereocenters. The lowest BCUT2D eigenvalue weighted by atomic mass is 10.0. The highest BCUT2D eigenvalue weighted by molar-refractivity contribution is 7.47. The molecular weight excluding hydrogens is 689 g/mol. The second kappa shape index (κ2) is 40.4. The predicted molar refractivity (Wildman–Crippen MR) is 220 cm³/mol. The Morgan fingerprint density at radius 3 is 1.34 bits per heavy atom. The number of nitrogens with two attached hydrogens (primary N) is 1. The lowest BCUT2D eigenvalue weighted by molar-refractivity contribution is -0.161. The molecule has 0 saturated carbocycles. The van der Waals surface area contributed by atoms with Crippen LogP contribution in [0.25, 0.3) is 0 Å². The van der Waals surface area contributed by atoms with Gasteiger partial charge in [0.25, 0.3) is 0 Å². The topological polar surface area (TPSA) is 134 Å². The molecule has 0 aromatic heterocycles. The summed E-state index contributed by atoms with van der Waals surface area (Å²) >= 11 is 0. The highest BCUT2D eigenvalue weighted by atomic mass is 31.2. The normalized spacial score (nSPS) is 13.4. The van der Waals surface area contributed by atoms with Crippen molar-refractivity contribution in [1.82, 2.24) is 0 Å². The maximum absolute atomic E-state index is 12.5. The summed E-state index contributed by atoms with van der Waals surface area (Å²) in [6.07, 6.45) is 41.0. The Kier molecular flexibility index (Phi) is 39.5. The number of rotatable bonds is 42. The zero-order chi connectivity index (χ0) is 38.9. The Morgan fingerprint density at radius 2 is 0.925 bits per heavy atom. The van der Waals surface area contributed by atoms with Gasteiger partial charge in [0, 0.05) is 19.4 Å². The van der Waals surface area contributed by atoms with E-state index in [1.54, 1.807) is 0 Å². The van der Waals surface area contributed by atoms with Crippen molar-refractivity contribution in [1.29, 1.82) is 0 Å². The number of esters is 2. The van der Waals surface area contributed by atoms with Crippen LogP contribution < -0.4 is 5.73 Å². The van der Waals surface area contributed by atoms with Crippen LogP contribution in [0.15, 0.2) is 12.2 Å². The van der Waals surface area contributed by atoms with Gasteiger partial charge in [0.1, 0.15) is 6.61 Å². The third kappa shape index (κ3) is 40.2. The smallest absolute Gasteiger partial charge is 0.462 e. The Balaban J connectivity index is 4.03. The molecule has 0 aliphatic rings. The molecule has 0 spiro atoms. The summed E-state index contributed by atoms with van der Waals surface area (Å²) < 4.78 is 32.7. The fourth-order valence-corrected chi connectivity index (χ4v) is 7.10. The highest BCUT2D eigenvalue weighted by Gasteiger charge is 2.26. The van der Waals surface area contributed by atoms with Crippen LogP contribution >= 0.6 is 7.82 Å². The van der Waals surface area contributed by atoms with Gasteiger partial charge in [-0.15, -0.1) is 0 Å². The third-order valence-electron chi connectivity index (χ3n) is 9.65. The fourth-order valence-electron chi connectivity index (χ4n) is 6.34. The minimum atomic E-state index is -4.37. The minimum Gasteiger partial charge on any atom is -0.462 e. The summed E-state index contributed by atoms with van der Waals surface area (Å²) in [7, 11) is -4.37. The fraction of sp³-hybridized carbons (Fsp3) is 0.907. The molecule has 9 nitrogen and oxygen atoms in total. The summed E-state index contributed by atoms with van der Waals surface area (Å²) in [5.41, 5.74) is 5.34. The molecule has 0 aromatic rings. The van der Waals surface area contributed by atoms with Crippen LogP contribution in [0, 0.1) is 0 Å². The number of carbonyl (C=O) groups excluding carboxylic acids is 2. The number of hydrogen-bond donors (Lipinski definition) is 2. The molecule has 0 saturated heterocycles. The molecule has 53 heavy (non-hydrogen) atoms. The van der Waals surface area contributed by atoms with Gasteiger partial charge in [-0.3, -0.25) is 18.6 Å². The third-order valence-corrected chi connectivity index (χ3v) is 10.6. The van der Waals surface area contributed by atoms with E-state index in [1.165, 1.54) is 154 Å². The summed E-state index contributed by atoms with van der Waals surface area (Å²) in [5.74, 6) is -0.820. The van der Waals surface area contributed by atoms with Crippen molar-refractivity contribution >= 4 is 19.8 Å². The Bertz CT molecular complexity index is 886. The summed E-state index contributed by atoms with van der Waals surface area (Å²) in [6, 6.07) is 0. The van der Waals surface area contributed by atoms with Gasteiger partial charge in [-0.2, -0.15) is 0 Å². The zero-order valence-electron chi connectivity index (χ0n) is 34.5. The lowest BCUT2D eigenvalue weighted by Crippen LogP contribution is -2.29. The van der Waals surface area contributed by atoms with Crippen molar-refractivity contribution in [3.63, 3.8) is 0 Å². The summed E-state index contributed by atoms with van der Waals surface area (Å²) in [5, 5.41) is 0. The van der Waals surface area contributed by atoms with E-state index in [2.05, 4.69) is 26.0 Å². The van der Waals surface area contributed by atoms with E-state index in [9.17, 15) is 19.0 Å². The van der Waals surface area contributed by atoms with E-state index in [-0.39, 0.29) is 38.6 Å². The van der Waals surface area contributed by atoms with Crippen LogP contribution in [0.1, 0.15) is 219 Å². The number of phosphoric ester groups is 1. The van der Waals surface area contributed by atoms with Gasteiger partial charge in [0.15, 0.2) is 6.10 Å². The van der Waals surface area contributed by atoms with Crippen LogP contribution in [0.4, 0.5) is 0 Å². The lowest BCUT2D eigenvalue weighted by Gasteiger charge is -2.19. The minimum absolute atomic E-state index is 0.0563. The molecule has 0 aliphatic heterocycles. The van der Waals surface area contributed by atoms with Gasteiger partial charge in [0.2, 0.25) is 0 Å². The first kappa shape index (κ1) is 51.8. The average molecular weight is 774 g/mol. The Hall–Kier alpha value is -1.25. The molecule has 0 amide bonds. The monoisotopic (exact) mass is 774 g/mol. The molecule has 314 valence electrons. The number of ether oxygens (including phenoxy) is 2. The maximum atomic E-state index is 12.5. The summed E-state index contributed by atoms with van der Waals surface area (Å²) in [4.78, 5) is 34.8. The van der Waals surface area contributed by atoms with E-state index >= 15 is 0 Å². The second-order valence-corrected chi connectivity index (χ2v) is 16.4. The zero-order valence-corrected chi connectivity index (χ0v) is 35.4. The van der Waals surface area contributed by atoms with E-state index in [4.69, 9.17) is 24.3 Å². The molecular formula is C43H84NO8P. The SMILES string of the molecule is CCCCCCCC/C=C\CCCCCCCCCCCCCC(=O)OC[C@H](COP(=O)(O)OCCN)OC(=O)CCCCCCCCCCCCC. The van der Waals surface area contributed by atoms with Crippen LogP contribution in [0.5, 0.6) is 0 Å². The number of allylic oxidation sites excluding steroid dienone is 2. The molecule has 0 aliphatic carbocycles. The van der Waals surface area contributed by atoms with Gasteiger partial charge in [-0.25, -0.2) is 4.57 Å². The van der Waals surface area contributed by atoms with E-state index in [0.29, 0.717) is 6.42 Å². The summed E-state index contributed by atoms with van der Waals surface area (Å²) in [6.45, 7) is 3.74. The van der Waals surface area contributed by atoms with Crippen LogP contribution in [0.2, 0.25) is 0 Å². The Morgan fingerprint density at radius 1 is 0.547 bits per heavy atom. The molecule has 0 radical (unpaired) electrons. The van der Waals surface area contributed by atoms with Gasteiger partial charge in [-0.05, 0) is 38.5 Å². The molecule has 0 fully saturated rings. The van der Waals surface area contributed by atoms with Crippen molar-refractivity contribution in [2.24, 2.45) is 5.73 Å². The molecule has 0 aromatic carbocycles. The van der Waals surface area contributed by atoms with Crippen molar-refractivity contribution in [2.75, 3.05) is 26.4 Å². The van der Waals surface area contributed by atoms with Gasteiger partial charge in [-0.1, -0.05) is 180 Å². The first-order valence-electron chi connectivity index (χ1n) is 22.2. The molecule has 3 N–H and O–H groups in total. The van der Waals surface area contributed by atoms with Crippen molar-refractivity contribution in [3.05, 3.63) is 12.2 Å². The van der Waals surface area contributed by atoms with Gasteiger partial charge in [0.05, 0.1) is 13.2 Å². The predicted octanol–water partition coefficient (Wildman–Crippen LogP) is 12.6. The first-order valence-corrected chi connectivity index (χ1v) is 23.7. The van der Waals surface area contributed by atoms with E-state index in [1.807, 2.05) is 0 Å². The van der Waals surface area contributed by atoms with Crippen molar-refractivity contribution in [3.8, 4) is 0 Å². The number of carbonyl (C=O) groups is 2. The van der Waals surface area contributed by atoms with Gasteiger partial charge < -0.3 is 20.1 Å². The molecule has 0 rings (SSSR count). The number of unbranched alkanes of at least 4 members (excludes halogenated alkanes) is 27. The second-order valence-electron chi connectivity index (χ2n) is 14.9. The molecule has 0 bridgehead atoms. The van der Waals surface area contributed by atoms with E-state index < -0.39 is 26.5 Å². The highest BCUT2D eigenvalue weighted by Crippen LogP contribution is 2.43. The van der Waals surface area contributed by atoms with E-state index in [0.717, 1.165) is 32.1 Å². The maximum Gasteiger partial charge on any atom is 0.472 e.